The van der Waals surface area contributed by atoms with Gasteiger partial charge in [0.2, 0.25) is 0 Å². The molecule has 29 nitrogen and oxygen atoms in total. The van der Waals surface area contributed by atoms with Gasteiger partial charge in [-0.05, 0) is 54.6 Å². The van der Waals surface area contributed by atoms with E-state index in [9.17, 15) is 63.0 Å². The number of anilines is 4. The maximum atomic E-state index is 12.8. The van der Waals surface area contributed by atoms with Gasteiger partial charge in [0.1, 0.15) is 70.0 Å². The minimum atomic E-state index is -5.52. The number of aromatic hydroxyl groups is 1. The fourth-order valence-electron chi connectivity index (χ4n) is 5.15. The van der Waals surface area contributed by atoms with Crippen molar-refractivity contribution in [2.75, 3.05) is 34.3 Å². The summed E-state index contributed by atoms with van der Waals surface area (Å²) in [6.45, 7) is 6.34. The van der Waals surface area contributed by atoms with Crippen molar-refractivity contribution >= 4 is 133 Å². The Morgan fingerprint density at radius 1 is 0.746 bits per heavy atom. The summed E-state index contributed by atoms with van der Waals surface area (Å²) >= 11 is 6.03. The molecule has 0 atom stereocenters. The minimum absolute atomic E-state index is 0. The molecular formula is C30H20ClN10Na5O19S6. The molecule has 4 N–H and O–H groups in total. The molecule has 0 saturated heterocycles. The first-order valence-electron chi connectivity index (χ1n) is 16.6. The van der Waals surface area contributed by atoms with Crippen molar-refractivity contribution in [1.82, 2.24) is 9.97 Å². The molecule has 0 bridgehead atoms. The van der Waals surface area contributed by atoms with E-state index in [1.54, 1.807) is 0 Å². The molecule has 0 spiro atoms. The molecule has 5 aromatic rings. The van der Waals surface area contributed by atoms with Crippen LogP contribution in [0.5, 0.6) is 5.75 Å². The van der Waals surface area contributed by atoms with Crippen LogP contribution < -0.4 is 174 Å². The Bertz CT molecular complexity index is 3240. The molecular weight excluding hydrogens is 1150 g/mol. The van der Waals surface area contributed by atoms with Crippen LogP contribution in [0, 0.1) is 6.57 Å². The second kappa shape index (κ2) is 31.7. The first-order valence-corrected chi connectivity index (χ1v) is 24.5. The topological polar surface area (TPSA) is 434 Å². The molecule has 0 aliphatic rings. The van der Waals surface area contributed by atoms with Gasteiger partial charge in [0, 0.05) is 22.5 Å². The van der Waals surface area contributed by atoms with Gasteiger partial charge in [-0.25, -0.2) is 33.7 Å². The molecule has 5 rings (SSSR count). The van der Waals surface area contributed by atoms with Crippen molar-refractivity contribution < 1.29 is 234 Å². The van der Waals surface area contributed by atoms with Crippen LogP contribution in [0.1, 0.15) is 0 Å². The number of benzene rings is 4. The number of azo groups is 2. The van der Waals surface area contributed by atoms with Crippen LogP contribution in [0.25, 0.3) is 15.7 Å². The van der Waals surface area contributed by atoms with Crippen molar-refractivity contribution in [2.45, 2.75) is 19.6 Å². The van der Waals surface area contributed by atoms with E-state index in [2.05, 4.69) is 74.4 Å². The SMILES string of the molecule is [C-]#[N+]Nc1nc(Cl)cc(Nc2ccc(S(=O)(=O)[O-])c(N=Nc3c(NCS(=O)(=O)[O-])ccc4c(O)c(N=Nc5ccc(S(=O)(=O)CCOSOO[O-])cc5S(=O)(=O)[O-])c(SOO[O-])cc34)c2)n1.[Na+].[Na+].[Na+].[Na+].[Na+]. The van der Waals surface area contributed by atoms with Crippen molar-refractivity contribution in [3.05, 3.63) is 77.3 Å². The number of hydrogen-bond donors (Lipinski definition) is 4. The van der Waals surface area contributed by atoms with Gasteiger partial charge < -0.3 is 39.9 Å². The molecule has 0 amide bonds. The number of halogens is 1. The Hall–Kier alpha value is -0.500. The molecule has 0 aliphatic heterocycles. The summed E-state index contributed by atoms with van der Waals surface area (Å²) in [5.41, 5.74) is -0.747. The van der Waals surface area contributed by atoms with E-state index in [1.807, 2.05) is 0 Å². The first-order chi connectivity index (χ1) is 31.0. The minimum Gasteiger partial charge on any atom is -0.747 e. The molecule has 0 radical (unpaired) electrons. The van der Waals surface area contributed by atoms with Crippen LogP contribution in [-0.2, 0) is 63.1 Å². The maximum Gasteiger partial charge on any atom is 1.00 e. The average Bonchev–Trinajstić information content (AvgIpc) is 3.22. The van der Waals surface area contributed by atoms with E-state index < -0.39 is 107 Å². The standard InChI is InChI=1S/C30H25ClN10O19S6.5Na/c1-32-41-30-35-25(31)13-26(36-30)34-15-2-7-23(65(50,51)52)21(10-15)38-39-27-18-12-22(61-59-57-43)28(29(42)17(18)4-6-20(27)33-14-64(47,48)49)40-37-19-5-3-16(11-24(19)66(53,54)55)63(45,46)9-8-56-62-60-58-44;;;;;/h2-7,10-13,33,42-44H,8-9,14H2,(H,47,48,49)(H,50,51,52)(H,53,54,55)(H2,34,35,36,41);;;;;/q;5*+1/p-5. The number of phenolic OH excluding ortho intramolecular Hbond substituents is 1. The third kappa shape index (κ3) is 20.8. The number of phenols is 1. The molecule has 0 fully saturated rings. The van der Waals surface area contributed by atoms with Crippen molar-refractivity contribution in [2.24, 2.45) is 20.5 Å². The van der Waals surface area contributed by atoms with Gasteiger partial charge in [-0.1, -0.05) is 17.0 Å². The zero-order chi connectivity index (χ0) is 48.5. The molecule has 1 aromatic heterocycles. The summed E-state index contributed by atoms with van der Waals surface area (Å²) in [6, 6.07) is 9.41. The fraction of sp³-hybridized carbons (Fsp3) is 0.100. The summed E-state index contributed by atoms with van der Waals surface area (Å²) in [7, 11) is -20.2. The van der Waals surface area contributed by atoms with Gasteiger partial charge in [0.15, 0.2) is 27.9 Å². The van der Waals surface area contributed by atoms with Gasteiger partial charge in [-0.15, -0.1) is 24.8 Å². The first kappa shape index (κ1) is 70.5. The third-order valence-corrected chi connectivity index (χ3v) is 12.9. The summed E-state index contributed by atoms with van der Waals surface area (Å²) in [5, 5.41) is 58.5. The summed E-state index contributed by atoms with van der Waals surface area (Å²) in [6.07, 6.45) is 0. The van der Waals surface area contributed by atoms with Crippen LogP contribution >= 0.6 is 36.0 Å². The van der Waals surface area contributed by atoms with E-state index in [0.717, 1.165) is 48.5 Å². The van der Waals surface area contributed by atoms with Gasteiger partial charge >= 0.3 is 148 Å². The zero-order valence-corrected chi connectivity index (χ0v) is 52.3. The maximum absolute atomic E-state index is 12.8. The zero-order valence-electron chi connectivity index (χ0n) is 36.6. The van der Waals surface area contributed by atoms with Crippen LogP contribution in [0.2, 0.25) is 5.15 Å². The van der Waals surface area contributed by atoms with Crippen molar-refractivity contribution in [3.8, 4) is 5.75 Å². The summed E-state index contributed by atoms with van der Waals surface area (Å²) in [4.78, 5) is 7.44. The largest absolute Gasteiger partial charge is 1.00 e. The van der Waals surface area contributed by atoms with E-state index >= 15 is 0 Å². The van der Waals surface area contributed by atoms with Crippen molar-refractivity contribution in [3.63, 3.8) is 0 Å². The summed E-state index contributed by atoms with van der Waals surface area (Å²) in [5.74, 6) is -3.24. The number of fused-ring (bicyclic) bond motifs is 1. The molecule has 0 aliphatic carbocycles. The quantitative estimate of drug-likeness (QED) is 0.00575. The predicted molar refractivity (Wildman–Crippen MR) is 217 cm³/mol. The molecule has 352 valence electrons. The number of rotatable bonds is 22. The van der Waals surface area contributed by atoms with Crippen LogP contribution in [0.15, 0.2) is 101 Å². The fourth-order valence-corrected chi connectivity index (χ4v) is 8.88. The number of nitrogens with one attached hydrogen (secondary N) is 3. The Kier molecular flexibility index (Phi) is 31.4. The molecule has 0 saturated carbocycles. The van der Waals surface area contributed by atoms with Gasteiger partial charge in [-0.2, -0.15) is 25.8 Å². The van der Waals surface area contributed by atoms with E-state index in [0.29, 0.717) is 6.07 Å². The van der Waals surface area contributed by atoms with Gasteiger partial charge in [0.25, 0.3) is 5.95 Å². The predicted octanol–water partition coefficient (Wildman–Crippen LogP) is -11.6. The Morgan fingerprint density at radius 2 is 1.39 bits per heavy atom. The number of aromatic nitrogens is 2. The molecule has 4 aromatic carbocycles. The van der Waals surface area contributed by atoms with Crippen LogP contribution in [0.4, 0.5) is 45.9 Å². The van der Waals surface area contributed by atoms with E-state index in [-0.39, 0.29) is 211 Å². The third-order valence-electron chi connectivity index (χ3n) is 7.76. The van der Waals surface area contributed by atoms with Crippen LogP contribution in [-0.4, -0.2) is 80.6 Å². The Balaban J connectivity index is 0.00000980. The smallest absolute Gasteiger partial charge is 0.747 e. The normalized spacial score (nSPS) is 11.6. The monoisotopic (exact) mass is 1170 g/mol. The van der Waals surface area contributed by atoms with E-state index in [4.69, 9.17) is 18.2 Å². The van der Waals surface area contributed by atoms with E-state index in [1.165, 1.54) is 6.07 Å². The van der Waals surface area contributed by atoms with Gasteiger partial charge in [-0.3, -0.25) is 14.3 Å². The second-order valence-electron chi connectivity index (χ2n) is 11.9. The van der Waals surface area contributed by atoms with Crippen molar-refractivity contribution in [1.29, 1.82) is 0 Å². The Labute approximate surface area is 526 Å². The number of hydrogen-bond acceptors (Lipinski definition) is 30. The second-order valence-corrected chi connectivity index (χ2v) is 19.8. The van der Waals surface area contributed by atoms with Gasteiger partial charge in [0.05, 0.1) is 49.7 Å². The molecule has 0 unspecified atom stereocenters. The number of sulfone groups is 1. The Morgan fingerprint density at radius 3 is 2.01 bits per heavy atom. The molecule has 41 heteroatoms. The summed E-state index contributed by atoms with van der Waals surface area (Å²) < 4.78 is 147. The average molecular weight is 1170 g/mol. The molecule has 71 heavy (non-hydrogen) atoms. The van der Waals surface area contributed by atoms with Crippen LogP contribution in [0.3, 0.4) is 0 Å². The molecule has 1 heterocycles. The number of nitrogens with zero attached hydrogens (tertiary/aromatic N) is 7.